The van der Waals surface area contributed by atoms with Gasteiger partial charge in [0.1, 0.15) is 0 Å². The number of ether oxygens (including phenoxy) is 1. The van der Waals surface area contributed by atoms with E-state index in [0.29, 0.717) is 19.6 Å². The monoisotopic (exact) mass is 523 g/mol. The Bertz CT molecular complexity index is 1030. The van der Waals surface area contributed by atoms with Gasteiger partial charge >= 0.3 is 12.1 Å². The lowest BCUT2D eigenvalue weighted by Gasteiger charge is -2.36. The molecule has 0 bridgehead atoms. The maximum atomic E-state index is 12.7. The number of aromatic nitrogens is 1. The Hall–Kier alpha value is -3.31. The van der Waals surface area contributed by atoms with E-state index in [9.17, 15) is 22.8 Å². The van der Waals surface area contributed by atoms with E-state index in [1.807, 2.05) is 55.3 Å². The molecule has 0 aliphatic carbocycles. The van der Waals surface area contributed by atoms with Crippen LogP contribution in [0.1, 0.15) is 40.0 Å². The molecule has 8 nitrogen and oxygen atoms in total. The number of carboxylic acid groups (broad SMARTS) is 1. The van der Waals surface area contributed by atoms with Crippen LogP contribution in [0.5, 0.6) is 0 Å². The van der Waals surface area contributed by atoms with Crippen LogP contribution in [-0.2, 0) is 27.4 Å². The average Bonchev–Trinajstić information content (AvgIpc) is 2.85. The summed E-state index contributed by atoms with van der Waals surface area (Å²) in [6.45, 7) is 4.58. The van der Waals surface area contributed by atoms with Crippen molar-refractivity contribution in [2.24, 2.45) is 0 Å². The largest absolute Gasteiger partial charge is 0.490 e. The Balaban J connectivity index is 0.000000604. The summed E-state index contributed by atoms with van der Waals surface area (Å²) < 4.78 is 36.8. The molecule has 1 saturated heterocycles. The number of alkyl halides is 3. The number of aliphatic carboxylic acids is 1. The minimum absolute atomic E-state index is 0.102. The maximum Gasteiger partial charge on any atom is 0.490 e. The summed E-state index contributed by atoms with van der Waals surface area (Å²) in [6, 6.07) is 11.8. The second kappa shape index (κ2) is 13.8. The highest BCUT2D eigenvalue weighted by Crippen LogP contribution is 2.18. The average molecular weight is 524 g/mol. The number of benzene rings is 1. The third-order valence-corrected chi connectivity index (χ3v) is 6.02. The van der Waals surface area contributed by atoms with Crippen LogP contribution in [-0.4, -0.2) is 83.6 Å². The quantitative estimate of drug-likeness (QED) is 0.529. The number of piperidine rings is 1. The number of ketones is 1. The summed E-state index contributed by atoms with van der Waals surface area (Å²) in [5.74, 6) is -2.50. The topological polar surface area (TPSA) is 100 Å². The zero-order chi connectivity index (χ0) is 27.6. The number of hydrogen-bond donors (Lipinski definition) is 1. The number of amides is 1. The van der Waals surface area contributed by atoms with E-state index in [1.165, 1.54) is 0 Å². The van der Waals surface area contributed by atoms with Gasteiger partial charge in [0.2, 0.25) is 5.91 Å². The first kappa shape index (κ1) is 29.9. The molecule has 11 heteroatoms. The molecule has 2 heterocycles. The lowest BCUT2D eigenvalue weighted by atomic mass is 10.0. The number of aryl methyl sites for hydroxylation is 1. The van der Waals surface area contributed by atoms with Crippen LogP contribution in [0.15, 0.2) is 42.6 Å². The van der Waals surface area contributed by atoms with Crippen molar-refractivity contribution in [2.45, 2.75) is 45.0 Å². The van der Waals surface area contributed by atoms with E-state index < -0.39 is 12.1 Å². The molecule has 1 aromatic carbocycles. The molecule has 3 rings (SSSR count). The fourth-order valence-electron chi connectivity index (χ4n) is 3.79. The fourth-order valence-corrected chi connectivity index (χ4v) is 3.79. The number of methoxy groups -OCH3 is 1. The van der Waals surface area contributed by atoms with Crippen LogP contribution in [0.2, 0.25) is 0 Å². The molecule has 1 aromatic heterocycles. The van der Waals surface area contributed by atoms with Crippen molar-refractivity contribution in [3.8, 4) is 0 Å². The van der Waals surface area contributed by atoms with Crippen molar-refractivity contribution in [1.29, 1.82) is 0 Å². The molecule has 0 radical (unpaired) electrons. The molecule has 1 aliphatic rings. The fraction of sp³-hybridized carbons (Fsp3) is 0.462. The molecule has 0 unspecified atom stereocenters. The van der Waals surface area contributed by atoms with Gasteiger partial charge in [-0.25, -0.2) is 4.79 Å². The molecule has 0 spiro atoms. The summed E-state index contributed by atoms with van der Waals surface area (Å²) in [5.41, 5.74) is 3.68. The SMILES string of the molecule is COCc1ccc(CC(=O)N(C)C2CCN(CC(=O)c3ccc(C)cc3)CC2)cn1.O=C(O)C(F)(F)F. The molecular formula is C26H32F3N3O5. The van der Waals surface area contributed by atoms with Gasteiger partial charge in [-0.15, -0.1) is 0 Å². The van der Waals surface area contributed by atoms with Gasteiger partial charge in [0.05, 0.1) is 25.3 Å². The molecule has 1 N–H and O–H groups in total. The van der Waals surface area contributed by atoms with Crippen LogP contribution in [0, 0.1) is 6.92 Å². The zero-order valence-corrected chi connectivity index (χ0v) is 21.1. The molecule has 0 saturated carbocycles. The number of carboxylic acids is 1. The predicted octanol–water partition coefficient (Wildman–Crippen LogP) is 3.52. The number of hydrogen-bond acceptors (Lipinski definition) is 6. The standard InChI is InChI=1S/C24H31N3O3.C2HF3O2/c1-18-4-7-20(8-5-18)23(28)16-27-12-10-22(11-13-27)26(2)24(29)14-19-6-9-21(17-30-3)25-15-19;3-2(4,5)1(6)7/h4-9,15,22H,10-14,16-17H2,1-3H3;(H,6,7). The first-order valence-corrected chi connectivity index (χ1v) is 11.7. The van der Waals surface area contributed by atoms with Gasteiger partial charge < -0.3 is 14.7 Å². The second-order valence-electron chi connectivity index (χ2n) is 8.87. The highest BCUT2D eigenvalue weighted by atomic mass is 19.4. The first-order chi connectivity index (χ1) is 17.4. The van der Waals surface area contributed by atoms with Crippen LogP contribution >= 0.6 is 0 Å². The van der Waals surface area contributed by atoms with Crippen LogP contribution in [0.25, 0.3) is 0 Å². The van der Waals surface area contributed by atoms with Crippen molar-refractivity contribution < 1.29 is 37.4 Å². The number of rotatable bonds is 8. The van der Waals surface area contributed by atoms with Gasteiger partial charge in [-0.1, -0.05) is 35.9 Å². The lowest BCUT2D eigenvalue weighted by molar-refractivity contribution is -0.192. The van der Waals surface area contributed by atoms with Crippen molar-refractivity contribution in [1.82, 2.24) is 14.8 Å². The number of carbonyl (C=O) groups excluding carboxylic acids is 2. The van der Waals surface area contributed by atoms with Crippen LogP contribution in [0.4, 0.5) is 13.2 Å². The maximum absolute atomic E-state index is 12.7. The second-order valence-corrected chi connectivity index (χ2v) is 8.87. The van der Waals surface area contributed by atoms with E-state index in [2.05, 4.69) is 9.88 Å². The van der Waals surface area contributed by atoms with Gasteiger partial charge in [0.15, 0.2) is 5.78 Å². The van der Waals surface area contributed by atoms with Crippen molar-refractivity contribution in [3.05, 3.63) is 65.0 Å². The van der Waals surface area contributed by atoms with Gasteiger partial charge in [-0.3, -0.25) is 19.5 Å². The third-order valence-electron chi connectivity index (χ3n) is 6.02. The number of nitrogens with zero attached hydrogens (tertiary/aromatic N) is 3. The summed E-state index contributed by atoms with van der Waals surface area (Å²) >= 11 is 0. The summed E-state index contributed by atoms with van der Waals surface area (Å²) in [6.07, 6.45) is -1.22. The van der Waals surface area contributed by atoms with E-state index in [4.69, 9.17) is 14.6 Å². The predicted molar refractivity (Wildman–Crippen MR) is 130 cm³/mol. The Morgan fingerprint density at radius 3 is 2.19 bits per heavy atom. The molecule has 1 aliphatic heterocycles. The molecule has 1 fully saturated rings. The number of likely N-dealkylation sites (N-methyl/N-ethyl adjacent to an activating group) is 1. The minimum Gasteiger partial charge on any atom is -0.475 e. The molecule has 0 atom stereocenters. The lowest BCUT2D eigenvalue weighted by Crippen LogP contribution is -2.47. The number of halogens is 3. The minimum atomic E-state index is -5.08. The van der Waals surface area contributed by atoms with Gasteiger partial charge in [0, 0.05) is 45.0 Å². The Morgan fingerprint density at radius 2 is 1.70 bits per heavy atom. The van der Waals surface area contributed by atoms with Crippen molar-refractivity contribution >= 4 is 17.7 Å². The van der Waals surface area contributed by atoms with Gasteiger partial charge in [0.25, 0.3) is 0 Å². The summed E-state index contributed by atoms with van der Waals surface area (Å²) in [4.78, 5) is 42.5. The van der Waals surface area contributed by atoms with Crippen molar-refractivity contribution in [2.75, 3.05) is 33.8 Å². The van der Waals surface area contributed by atoms with E-state index in [0.717, 1.165) is 48.3 Å². The van der Waals surface area contributed by atoms with E-state index >= 15 is 0 Å². The zero-order valence-electron chi connectivity index (χ0n) is 21.1. The van der Waals surface area contributed by atoms with Crippen molar-refractivity contribution in [3.63, 3.8) is 0 Å². The molecule has 2 aromatic rings. The highest BCUT2D eigenvalue weighted by Gasteiger charge is 2.38. The number of carbonyl (C=O) groups is 3. The Morgan fingerprint density at radius 1 is 1.11 bits per heavy atom. The molecule has 1 amide bonds. The first-order valence-electron chi connectivity index (χ1n) is 11.7. The van der Waals surface area contributed by atoms with Gasteiger partial charge in [-0.2, -0.15) is 13.2 Å². The summed E-state index contributed by atoms with van der Waals surface area (Å²) in [7, 11) is 3.52. The normalized spacial score (nSPS) is 14.4. The molecule has 202 valence electrons. The van der Waals surface area contributed by atoms with Crippen LogP contribution < -0.4 is 0 Å². The van der Waals surface area contributed by atoms with Crippen LogP contribution in [0.3, 0.4) is 0 Å². The number of likely N-dealkylation sites (tertiary alicyclic amines) is 1. The number of pyridine rings is 1. The Labute approximate surface area is 214 Å². The van der Waals surface area contributed by atoms with E-state index in [-0.39, 0.29) is 17.7 Å². The summed E-state index contributed by atoms with van der Waals surface area (Å²) in [5, 5.41) is 7.12. The third kappa shape index (κ3) is 9.93. The molecular weight excluding hydrogens is 491 g/mol. The highest BCUT2D eigenvalue weighted by molar-refractivity contribution is 5.97. The van der Waals surface area contributed by atoms with Gasteiger partial charge in [-0.05, 0) is 31.4 Å². The van der Waals surface area contributed by atoms with E-state index in [1.54, 1.807) is 13.3 Å². The molecule has 37 heavy (non-hydrogen) atoms. The number of Topliss-reactive ketones (excluding diaryl/α,β-unsaturated/α-hetero) is 1. The smallest absolute Gasteiger partial charge is 0.475 e. The Kier molecular flexibility index (Phi) is 11.2.